The van der Waals surface area contributed by atoms with E-state index in [9.17, 15) is 0 Å². The largest absolute Gasteiger partial charge is 0.302 e. The van der Waals surface area contributed by atoms with E-state index in [1.54, 1.807) is 0 Å². The molecule has 0 spiro atoms. The molecule has 5 heteroatoms. The third-order valence-electron chi connectivity index (χ3n) is 6.29. The van der Waals surface area contributed by atoms with E-state index < -0.39 is 0 Å². The number of thiophene rings is 3. The van der Waals surface area contributed by atoms with Gasteiger partial charge in [0.15, 0.2) is 0 Å². The highest BCUT2D eigenvalue weighted by Gasteiger charge is 2.21. The average Bonchev–Trinajstić information content (AvgIpc) is 3.63. The molecular formula is C32H22N2S3. The van der Waals surface area contributed by atoms with Gasteiger partial charge in [-0.3, -0.25) is 0 Å². The quantitative estimate of drug-likeness (QED) is 0.211. The van der Waals surface area contributed by atoms with Gasteiger partial charge in [-0.1, -0.05) is 72.8 Å². The first-order valence-electron chi connectivity index (χ1n) is 12.1. The zero-order valence-corrected chi connectivity index (χ0v) is 22.3. The van der Waals surface area contributed by atoms with Crippen molar-refractivity contribution in [1.29, 1.82) is 0 Å². The van der Waals surface area contributed by atoms with Crippen LogP contribution in [-0.2, 0) is 0 Å². The van der Waals surface area contributed by atoms with Crippen LogP contribution in [0.3, 0.4) is 0 Å². The highest BCUT2D eigenvalue weighted by Crippen LogP contribution is 2.51. The molecule has 0 amide bonds. The Labute approximate surface area is 227 Å². The van der Waals surface area contributed by atoms with Crippen molar-refractivity contribution < 1.29 is 0 Å². The van der Waals surface area contributed by atoms with Crippen molar-refractivity contribution in [3.63, 3.8) is 0 Å². The van der Waals surface area contributed by atoms with E-state index in [4.69, 9.17) is 0 Å². The molecule has 0 unspecified atom stereocenters. The minimum Gasteiger partial charge on any atom is -0.302 e. The predicted molar refractivity (Wildman–Crippen MR) is 164 cm³/mol. The minimum absolute atomic E-state index is 1.17. The Morgan fingerprint density at radius 2 is 0.649 bits per heavy atom. The third kappa shape index (κ3) is 4.11. The van der Waals surface area contributed by atoms with E-state index in [-0.39, 0.29) is 0 Å². The van der Waals surface area contributed by atoms with Gasteiger partial charge in [0.2, 0.25) is 0 Å². The monoisotopic (exact) mass is 530 g/mol. The normalized spacial score (nSPS) is 11.2. The lowest BCUT2D eigenvalue weighted by Crippen LogP contribution is -2.07. The Balaban J connectivity index is 1.36. The zero-order chi connectivity index (χ0) is 24.6. The first-order chi connectivity index (χ1) is 18.3. The number of para-hydroxylation sites is 4. The summed E-state index contributed by atoms with van der Waals surface area (Å²) in [6.07, 6.45) is 0. The van der Waals surface area contributed by atoms with Crippen LogP contribution in [0.25, 0.3) is 18.8 Å². The van der Waals surface area contributed by atoms with Crippen LogP contribution in [0, 0.1) is 0 Å². The lowest BCUT2D eigenvalue weighted by atomic mass is 10.2. The number of benzene rings is 4. The van der Waals surface area contributed by atoms with Gasteiger partial charge in [-0.2, -0.15) is 0 Å². The van der Waals surface area contributed by atoms with Gasteiger partial charge in [-0.05, 0) is 60.7 Å². The van der Waals surface area contributed by atoms with Crippen molar-refractivity contribution in [3.8, 4) is 0 Å². The van der Waals surface area contributed by atoms with Crippen LogP contribution in [0.1, 0.15) is 0 Å². The molecule has 3 aromatic heterocycles. The lowest BCUT2D eigenvalue weighted by Gasteiger charge is -2.23. The Morgan fingerprint density at radius 3 is 0.946 bits per heavy atom. The van der Waals surface area contributed by atoms with Gasteiger partial charge >= 0.3 is 0 Å². The molecule has 37 heavy (non-hydrogen) atoms. The summed E-state index contributed by atoms with van der Waals surface area (Å²) in [6.45, 7) is 0. The summed E-state index contributed by atoms with van der Waals surface area (Å²) in [5.74, 6) is 0. The third-order valence-corrected chi connectivity index (χ3v) is 10.0. The Kier molecular flexibility index (Phi) is 5.74. The van der Waals surface area contributed by atoms with Gasteiger partial charge in [0, 0.05) is 32.1 Å². The Hall–Kier alpha value is -3.90. The van der Waals surface area contributed by atoms with E-state index in [2.05, 4.69) is 143 Å². The minimum atomic E-state index is 1.17. The number of hydrogen-bond donors (Lipinski definition) is 0. The molecule has 0 aliphatic rings. The maximum Gasteiger partial charge on any atom is 0.102 e. The topological polar surface area (TPSA) is 6.48 Å². The van der Waals surface area contributed by atoms with E-state index in [1.165, 1.54) is 51.6 Å². The van der Waals surface area contributed by atoms with Gasteiger partial charge in [0.05, 0.1) is 9.40 Å². The second-order valence-corrected chi connectivity index (χ2v) is 11.8. The van der Waals surface area contributed by atoms with Crippen LogP contribution in [0.5, 0.6) is 0 Å². The van der Waals surface area contributed by atoms with Crippen LogP contribution >= 0.6 is 34.0 Å². The van der Waals surface area contributed by atoms with Gasteiger partial charge < -0.3 is 9.80 Å². The molecule has 0 bridgehead atoms. The Bertz CT molecular complexity index is 1560. The first-order valence-corrected chi connectivity index (χ1v) is 14.6. The predicted octanol–water partition coefficient (Wildman–Crippen LogP) is 11.1. The fourth-order valence-corrected chi connectivity index (χ4v) is 8.74. The summed E-state index contributed by atoms with van der Waals surface area (Å²) in [7, 11) is 0. The van der Waals surface area contributed by atoms with Crippen LogP contribution in [-0.4, -0.2) is 0 Å². The van der Waals surface area contributed by atoms with Crippen LogP contribution in [0.15, 0.2) is 133 Å². The van der Waals surface area contributed by atoms with Crippen LogP contribution in [0.2, 0.25) is 0 Å². The average molecular weight is 531 g/mol. The van der Waals surface area contributed by atoms with E-state index >= 15 is 0 Å². The fraction of sp³-hybridized carbons (Fsp3) is 0. The van der Waals surface area contributed by atoms with Crippen molar-refractivity contribution >= 4 is 85.6 Å². The summed E-state index contributed by atoms with van der Waals surface area (Å²) in [4.78, 5) is 4.72. The highest BCUT2D eigenvalue weighted by atomic mass is 32.1. The molecule has 178 valence electrons. The molecule has 3 heterocycles. The van der Waals surface area contributed by atoms with Crippen LogP contribution in [0.4, 0.5) is 32.8 Å². The molecule has 0 atom stereocenters. The summed E-state index contributed by atoms with van der Waals surface area (Å²) in [6, 6.07) is 47.2. The molecule has 0 fully saturated rings. The smallest absolute Gasteiger partial charge is 0.102 e. The number of nitrogens with zero attached hydrogens (tertiary/aromatic N) is 2. The molecule has 0 saturated heterocycles. The maximum absolute atomic E-state index is 2.36. The Morgan fingerprint density at radius 1 is 0.351 bits per heavy atom. The lowest BCUT2D eigenvalue weighted by molar-refractivity contribution is 1.32. The van der Waals surface area contributed by atoms with Gasteiger partial charge in [0.25, 0.3) is 0 Å². The summed E-state index contributed by atoms with van der Waals surface area (Å²) >= 11 is 5.64. The number of hydrogen-bond acceptors (Lipinski definition) is 5. The number of rotatable bonds is 6. The van der Waals surface area contributed by atoms with Crippen molar-refractivity contribution in [2.24, 2.45) is 0 Å². The second kappa shape index (κ2) is 9.52. The molecule has 0 aliphatic carbocycles. The highest BCUT2D eigenvalue weighted by molar-refractivity contribution is 7.40. The van der Waals surface area contributed by atoms with Crippen LogP contribution < -0.4 is 9.80 Å². The van der Waals surface area contributed by atoms with Crippen molar-refractivity contribution in [1.82, 2.24) is 0 Å². The fourth-order valence-electron chi connectivity index (χ4n) is 4.65. The molecule has 7 rings (SSSR count). The summed E-state index contributed by atoms with van der Waals surface area (Å²) in [5, 5.41) is 2.47. The van der Waals surface area contributed by atoms with Crippen molar-refractivity contribution in [2.45, 2.75) is 0 Å². The molecule has 0 N–H and O–H groups in total. The van der Waals surface area contributed by atoms with E-state index in [0.29, 0.717) is 0 Å². The molecule has 4 aromatic carbocycles. The molecule has 0 radical (unpaired) electrons. The number of anilines is 6. The summed E-state index contributed by atoms with van der Waals surface area (Å²) in [5.41, 5.74) is 4.69. The van der Waals surface area contributed by atoms with Crippen molar-refractivity contribution in [3.05, 3.63) is 133 Å². The van der Waals surface area contributed by atoms with Crippen molar-refractivity contribution in [2.75, 3.05) is 9.80 Å². The SMILES string of the molecule is c1ccc(N(c2ccccc2)c2cc3sc4cc(N(c5ccccc5)c5ccccc5)sc4c3s2)cc1. The standard InChI is InChI=1S/C32H22N2S3/c1-5-13-23(14-6-1)33(24-15-7-2-8-16-24)29-21-27-31(36-29)32-28(35-27)22-30(37-32)34(25-17-9-3-10-18-25)26-19-11-4-12-20-26/h1-22H. The van der Waals surface area contributed by atoms with Gasteiger partial charge in [0.1, 0.15) is 10.0 Å². The second-order valence-electron chi connectivity index (χ2n) is 8.67. The molecule has 2 nitrogen and oxygen atoms in total. The number of fused-ring (bicyclic) bond motifs is 3. The molecule has 7 aromatic rings. The zero-order valence-electron chi connectivity index (χ0n) is 19.8. The van der Waals surface area contributed by atoms with E-state index in [1.807, 2.05) is 34.0 Å². The summed E-state index contributed by atoms with van der Waals surface area (Å²) < 4.78 is 5.42. The van der Waals surface area contributed by atoms with Gasteiger partial charge in [-0.25, -0.2) is 0 Å². The van der Waals surface area contributed by atoms with E-state index in [0.717, 1.165) is 0 Å². The first kappa shape index (κ1) is 22.3. The maximum atomic E-state index is 2.36. The van der Waals surface area contributed by atoms with Gasteiger partial charge in [-0.15, -0.1) is 34.0 Å². The molecule has 0 aliphatic heterocycles. The molecular weight excluding hydrogens is 509 g/mol. The molecule has 0 saturated carbocycles.